The molecule has 2 rings (SSSR count). The van der Waals surface area contributed by atoms with Crippen molar-refractivity contribution < 1.29 is 10.2 Å². The van der Waals surface area contributed by atoms with Crippen molar-refractivity contribution in [1.29, 1.82) is 0 Å². The fraction of sp³-hybridized carbons (Fsp3) is 0.333. The van der Waals surface area contributed by atoms with Crippen LogP contribution in [0.2, 0.25) is 39.3 Å². The largest absolute Gasteiger partial charge is 0.508 e. The van der Waals surface area contributed by atoms with E-state index in [9.17, 15) is 10.2 Å². The third-order valence-corrected chi connectivity index (χ3v) is 8.14. The van der Waals surface area contributed by atoms with Gasteiger partial charge in [0.1, 0.15) is 11.5 Å². The molecule has 0 fully saturated rings. The summed E-state index contributed by atoms with van der Waals surface area (Å²) in [6.07, 6.45) is 0. The van der Waals surface area contributed by atoms with Gasteiger partial charge in [0.05, 0.1) is 16.1 Å². The Balaban J connectivity index is 2.83. The van der Waals surface area contributed by atoms with Gasteiger partial charge in [0.2, 0.25) is 0 Å². The van der Waals surface area contributed by atoms with Gasteiger partial charge in [-0.3, -0.25) is 0 Å². The quantitative estimate of drug-likeness (QED) is 0.839. The van der Waals surface area contributed by atoms with Crippen LogP contribution in [0, 0.1) is 0 Å². The molecule has 0 unspecified atom stereocenters. The van der Waals surface area contributed by atoms with Crippen LogP contribution in [0.1, 0.15) is 0 Å². The Kier molecular flexibility index (Phi) is 4.28. The van der Waals surface area contributed by atoms with Gasteiger partial charge in [0.25, 0.3) is 0 Å². The van der Waals surface area contributed by atoms with Gasteiger partial charge in [-0.25, -0.2) is 0 Å². The predicted molar refractivity (Wildman–Crippen MR) is 101 cm³/mol. The first-order chi connectivity index (χ1) is 10.0. The summed E-state index contributed by atoms with van der Waals surface area (Å²) < 4.78 is 0. The van der Waals surface area contributed by atoms with E-state index in [4.69, 9.17) is 0 Å². The topological polar surface area (TPSA) is 40.5 Å². The van der Waals surface area contributed by atoms with Crippen LogP contribution in [0.5, 0.6) is 11.5 Å². The van der Waals surface area contributed by atoms with E-state index < -0.39 is 16.1 Å². The number of rotatable bonds is 3. The van der Waals surface area contributed by atoms with Crippen molar-refractivity contribution in [2.24, 2.45) is 0 Å². The lowest BCUT2D eigenvalue weighted by atomic mass is 10.1. The molecule has 0 saturated carbocycles. The lowest BCUT2D eigenvalue weighted by Gasteiger charge is -2.31. The van der Waals surface area contributed by atoms with E-state index >= 15 is 0 Å². The van der Waals surface area contributed by atoms with Gasteiger partial charge in [-0.2, -0.15) is 0 Å². The van der Waals surface area contributed by atoms with Gasteiger partial charge in [0, 0.05) is 0 Å². The summed E-state index contributed by atoms with van der Waals surface area (Å²) in [5.74, 6) is 0.724. The Bertz CT molecular complexity index is 678. The third-order valence-electron chi connectivity index (χ3n) is 3.86. The smallest absolute Gasteiger partial charge is 0.115 e. The zero-order valence-electron chi connectivity index (χ0n) is 14.4. The normalized spacial score (nSPS) is 12.5. The Morgan fingerprint density at radius 3 is 1.59 bits per heavy atom. The van der Waals surface area contributed by atoms with E-state index in [0.717, 1.165) is 5.56 Å². The zero-order valence-corrected chi connectivity index (χ0v) is 16.4. The standard InChI is InChI=1S/C18H26O2Si2/c1-21(2,3)17-15(13-7-9-14(19)10-8-13)11-12-16(20)18(17)22(4,5)6/h7-12,19-20H,1-6H3. The monoisotopic (exact) mass is 330 g/mol. The van der Waals surface area contributed by atoms with Gasteiger partial charge < -0.3 is 10.2 Å². The number of phenolic OH excluding ortho intramolecular Hbond substituents is 2. The molecule has 22 heavy (non-hydrogen) atoms. The van der Waals surface area contributed by atoms with E-state index in [1.807, 2.05) is 24.3 Å². The molecule has 118 valence electrons. The summed E-state index contributed by atoms with van der Waals surface area (Å²) in [7, 11) is -3.32. The molecule has 2 N–H and O–H groups in total. The second kappa shape index (κ2) is 5.59. The molecule has 0 bridgehead atoms. The first-order valence-corrected chi connectivity index (χ1v) is 14.7. The number of hydrogen-bond donors (Lipinski definition) is 2. The number of benzene rings is 2. The van der Waals surface area contributed by atoms with Gasteiger partial charge in [0.15, 0.2) is 0 Å². The average molecular weight is 331 g/mol. The summed E-state index contributed by atoms with van der Waals surface area (Å²) in [5, 5.41) is 22.6. The van der Waals surface area contributed by atoms with Crippen LogP contribution in [-0.4, -0.2) is 26.4 Å². The SMILES string of the molecule is C[Si](C)(C)c1c(O)ccc(-c2ccc(O)cc2)c1[Si](C)(C)C. The van der Waals surface area contributed by atoms with E-state index in [0.29, 0.717) is 5.75 Å². The molecule has 2 nitrogen and oxygen atoms in total. The minimum atomic E-state index is -1.67. The number of hydrogen-bond acceptors (Lipinski definition) is 2. The van der Waals surface area contributed by atoms with E-state index in [1.165, 1.54) is 15.9 Å². The highest BCUT2D eigenvalue weighted by molar-refractivity contribution is 6.99. The molecule has 0 aliphatic rings. The maximum absolute atomic E-state index is 10.5. The van der Waals surface area contributed by atoms with E-state index in [1.54, 1.807) is 12.1 Å². The molecular formula is C18H26O2Si2. The van der Waals surface area contributed by atoms with Crippen LogP contribution in [0.25, 0.3) is 11.1 Å². The van der Waals surface area contributed by atoms with Gasteiger partial charge in [-0.1, -0.05) is 57.5 Å². The second-order valence-electron chi connectivity index (χ2n) is 7.93. The molecule has 0 atom stereocenters. The van der Waals surface area contributed by atoms with Crippen LogP contribution in [0.3, 0.4) is 0 Å². The summed E-state index contributed by atoms with van der Waals surface area (Å²) in [6.45, 7) is 13.8. The Morgan fingerprint density at radius 1 is 0.636 bits per heavy atom. The molecule has 0 spiro atoms. The Morgan fingerprint density at radius 2 is 1.14 bits per heavy atom. The summed E-state index contributed by atoms with van der Waals surface area (Å²) in [4.78, 5) is 0. The fourth-order valence-corrected chi connectivity index (χ4v) is 8.91. The summed E-state index contributed by atoms with van der Waals surface area (Å²) in [6, 6.07) is 11.2. The van der Waals surface area contributed by atoms with Crippen molar-refractivity contribution in [3.63, 3.8) is 0 Å². The lowest BCUT2D eigenvalue weighted by molar-refractivity contribution is 0.475. The Labute approximate surface area is 135 Å². The third kappa shape index (κ3) is 3.28. The van der Waals surface area contributed by atoms with Crippen molar-refractivity contribution in [2.45, 2.75) is 39.3 Å². The maximum atomic E-state index is 10.5. The Hall–Kier alpha value is -1.53. The van der Waals surface area contributed by atoms with E-state index in [-0.39, 0.29) is 5.75 Å². The first kappa shape index (κ1) is 16.8. The van der Waals surface area contributed by atoms with Crippen LogP contribution >= 0.6 is 0 Å². The highest BCUT2D eigenvalue weighted by atomic mass is 28.3. The number of phenols is 2. The molecule has 0 aliphatic heterocycles. The molecule has 2 aromatic carbocycles. The van der Waals surface area contributed by atoms with Crippen LogP contribution < -0.4 is 10.4 Å². The van der Waals surface area contributed by atoms with Crippen molar-refractivity contribution in [2.75, 3.05) is 0 Å². The predicted octanol–water partition coefficient (Wildman–Crippen LogP) is 3.86. The van der Waals surface area contributed by atoms with Crippen molar-refractivity contribution in [3.05, 3.63) is 36.4 Å². The molecule has 0 aromatic heterocycles. The molecule has 0 radical (unpaired) electrons. The molecule has 0 saturated heterocycles. The van der Waals surface area contributed by atoms with Crippen LogP contribution in [0.4, 0.5) is 0 Å². The van der Waals surface area contributed by atoms with Gasteiger partial charge >= 0.3 is 0 Å². The average Bonchev–Trinajstić information content (AvgIpc) is 2.37. The minimum absolute atomic E-state index is 0.280. The molecule has 0 heterocycles. The minimum Gasteiger partial charge on any atom is -0.508 e. The van der Waals surface area contributed by atoms with Gasteiger partial charge in [-0.05, 0) is 39.7 Å². The van der Waals surface area contributed by atoms with E-state index in [2.05, 4.69) is 39.3 Å². The fourth-order valence-electron chi connectivity index (χ4n) is 3.01. The summed E-state index contributed by atoms with van der Waals surface area (Å²) in [5.41, 5.74) is 2.31. The molecule has 4 heteroatoms. The number of aromatic hydroxyl groups is 2. The molecule has 2 aromatic rings. The lowest BCUT2D eigenvalue weighted by Crippen LogP contribution is -2.57. The second-order valence-corrected chi connectivity index (χ2v) is 17.9. The highest BCUT2D eigenvalue weighted by Crippen LogP contribution is 2.26. The van der Waals surface area contributed by atoms with Crippen LogP contribution in [0.15, 0.2) is 36.4 Å². The molecule has 0 amide bonds. The van der Waals surface area contributed by atoms with Crippen molar-refractivity contribution in [3.8, 4) is 22.6 Å². The first-order valence-electron chi connectivity index (χ1n) is 7.68. The van der Waals surface area contributed by atoms with Crippen molar-refractivity contribution >= 4 is 26.5 Å². The van der Waals surface area contributed by atoms with Gasteiger partial charge in [-0.15, -0.1) is 0 Å². The van der Waals surface area contributed by atoms with Crippen molar-refractivity contribution in [1.82, 2.24) is 0 Å². The maximum Gasteiger partial charge on any atom is 0.115 e. The van der Waals surface area contributed by atoms with Crippen LogP contribution in [-0.2, 0) is 0 Å². The summed E-state index contributed by atoms with van der Waals surface area (Å²) >= 11 is 0. The zero-order chi connectivity index (χ0) is 16.7. The highest BCUT2D eigenvalue weighted by Gasteiger charge is 2.32. The molecule has 0 aliphatic carbocycles. The molecular weight excluding hydrogens is 304 g/mol.